The molecule has 41 heteroatoms. The lowest BCUT2D eigenvalue weighted by atomic mass is 10.0. The number of hydrogen-bond donors (Lipinski definition) is 24. The second-order valence-corrected chi connectivity index (χ2v) is 24.6. The molecule has 1 aromatic carbocycles. The van der Waals surface area contributed by atoms with Crippen molar-refractivity contribution >= 4 is 94.8 Å². The number of aliphatic hydroxyl groups is 1. The normalized spacial score (nSPS) is 15.3. The minimum absolute atomic E-state index is 0.00773. The maximum absolute atomic E-state index is 14.9. The molecule has 0 spiro atoms. The number of carbonyl (C=O) groups excluding carboxylic acids is 11. The number of rotatable bonds is 51. The number of carbonyl (C=O) groups is 11. The van der Waals surface area contributed by atoms with Gasteiger partial charge in [0.1, 0.15) is 60.4 Å². The summed E-state index contributed by atoms with van der Waals surface area (Å²) in [4.78, 5) is 176. The van der Waals surface area contributed by atoms with Crippen LogP contribution in [0.25, 0.3) is 0 Å². The summed E-state index contributed by atoms with van der Waals surface area (Å²) in [6.45, 7) is 1.31. The number of aliphatic hydroxyl groups excluding tert-OH is 1. The number of unbranched alkanes of at least 4 members (excludes halogenated alkanes) is 2. The van der Waals surface area contributed by atoms with Crippen LogP contribution in [0.3, 0.4) is 0 Å². The topological polar surface area (TPSA) is 746 Å². The van der Waals surface area contributed by atoms with Crippen LogP contribution in [-0.4, -0.2) is 230 Å². The van der Waals surface area contributed by atoms with Gasteiger partial charge in [0.15, 0.2) is 29.8 Å². The standard InChI is InChI=1S/C62H113N29O12/c1-35(92)47(66)57(103)91-32-14-24-45(91)56(102)89-43(23-13-31-81-62(75)76)54(100)90-44(33-36-15-3-2-4-16-36)55(101)88-42(22-12-30-80-61(73)74)53(99)87-41(21-11-29-79-60(71)72)52(98)86-40(20-10-28-78-59(69)70)51(97)85-39(18-6-8-26-64)50(96)84-38(17-5-7-25-63)49(95)83-37(19-9-27-77-58(67)68)48(94)82-34-46(65)93/h2-4,15-16,35,37-45,47,92H,5-14,17-34,63-64,66H2,1H3,(H2,65,93)(H,82,94)(H,83,95)(H,84,96)(H,85,97)(H,86,98)(H,87,99)(H,88,101)(H,89,102)(H,90,100)(H4,67,68,77)(H4,69,70,78)(H4,71,72,79)(H4,73,74,80)(H4,75,76,81)/t35-,37+,38+,39+,40+,41+,42+,43+,44+,45+,47+/m1/s1. The summed E-state index contributed by atoms with van der Waals surface area (Å²) in [6.07, 6.45) is 0.382. The van der Waals surface area contributed by atoms with Crippen LogP contribution in [0.1, 0.15) is 128 Å². The number of benzene rings is 1. The Bertz CT molecular complexity index is 3030. The smallest absolute Gasteiger partial charge is 0.243 e. The average Bonchev–Trinajstić information content (AvgIpc) is 1.77. The van der Waals surface area contributed by atoms with Gasteiger partial charge in [0.05, 0.1) is 12.6 Å². The van der Waals surface area contributed by atoms with Crippen LogP contribution in [0.15, 0.2) is 55.3 Å². The number of guanidine groups is 5. The number of hydrogen-bond acceptors (Lipinski definition) is 20. The first kappa shape index (κ1) is 88.7. The molecule has 0 radical (unpaired) electrons. The third-order valence-electron chi connectivity index (χ3n) is 16.0. The van der Waals surface area contributed by atoms with Crippen molar-refractivity contribution < 1.29 is 57.8 Å². The number of primary amides is 1. The Labute approximate surface area is 598 Å². The SMILES string of the molecule is C[C@@H](O)[C@H](N)C(=O)N1CCC[C@H]1C(=O)N[C@@H](CCCN=C(N)N)C(=O)N[C@@H](Cc1ccccc1)C(=O)N[C@@H](CCCN=C(N)N)C(=O)N[C@@H](CCCN=C(N)N)C(=O)N[C@@H](CCCN=C(N)N)C(=O)N[C@@H](CCCCN)C(=O)N[C@@H](CCCCN)C(=O)N[C@@H](CCCN=C(N)N)C(=O)NCC(N)=O. The number of likely N-dealkylation sites (tertiary alicyclic amines) is 1. The van der Waals surface area contributed by atoms with Gasteiger partial charge in [-0.05, 0) is 141 Å². The van der Waals surface area contributed by atoms with E-state index in [0.717, 1.165) is 0 Å². The summed E-state index contributed by atoms with van der Waals surface area (Å²) in [6, 6.07) is -5.33. The summed E-state index contributed by atoms with van der Waals surface area (Å²) in [5, 5.41) is 34.1. The fourth-order valence-corrected chi connectivity index (χ4v) is 10.6. The lowest BCUT2D eigenvalue weighted by molar-refractivity contribution is -0.142. The lowest BCUT2D eigenvalue weighted by Gasteiger charge is -2.30. The van der Waals surface area contributed by atoms with Crippen LogP contribution in [0, 0.1) is 0 Å². The third-order valence-corrected chi connectivity index (χ3v) is 16.0. The molecule has 1 aliphatic rings. The molecule has 11 amide bonds. The predicted molar refractivity (Wildman–Crippen MR) is 388 cm³/mol. The maximum Gasteiger partial charge on any atom is 0.243 e. The number of amides is 11. The highest BCUT2D eigenvalue weighted by Crippen LogP contribution is 2.20. The number of nitrogens with two attached hydrogens (primary N) is 14. The molecule has 0 unspecified atom stereocenters. The molecule has 0 saturated carbocycles. The van der Waals surface area contributed by atoms with Gasteiger partial charge in [0.2, 0.25) is 65.0 Å². The monoisotopic (exact) mass is 1460 g/mol. The van der Waals surface area contributed by atoms with E-state index in [9.17, 15) is 57.8 Å². The molecular weight excluding hydrogens is 1340 g/mol. The van der Waals surface area contributed by atoms with Gasteiger partial charge in [-0.15, -0.1) is 0 Å². The second-order valence-electron chi connectivity index (χ2n) is 24.6. The Balaban J connectivity index is 2.72. The predicted octanol–water partition coefficient (Wildman–Crippen LogP) is -10.1. The van der Waals surface area contributed by atoms with Gasteiger partial charge in [-0.25, -0.2) is 0 Å². The van der Waals surface area contributed by atoms with Crippen molar-refractivity contribution in [3.8, 4) is 0 Å². The highest BCUT2D eigenvalue weighted by atomic mass is 16.3. The highest BCUT2D eigenvalue weighted by molar-refractivity contribution is 5.99. The zero-order chi connectivity index (χ0) is 77.0. The molecule has 1 saturated heterocycles. The van der Waals surface area contributed by atoms with Crippen molar-refractivity contribution in [2.24, 2.45) is 105 Å². The number of aliphatic imine (C=N–C) groups is 5. The van der Waals surface area contributed by atoms with Gasteiger partial charge in [-0.3, -0.25) is 77.7 Å². The minimum Gasteiger partial charge on any atom is -0.391 e. The molecule has 578 valence electrons. The molecule has 1 fully saturated rings. The van der Waals surface area contributed by atoms with Gasteiger partial charge in [-0.1, -0.05) is 30.3 Å². The average molecular weight is 1460 g/mol. The molecule has 38 N–H and O–H groups in total. The summed E-state index contributed by atoms with van der Waals surface area (Å²) in [5.74, 6) is -10.5. The van der Waals surface area contributed by atoms with E-state index in [2.05, 4.69) is 72.8 Å². The number of nitrogens with zero attached hydrogens (tertiary/aromatic N) is 6. The number of nitrogens with one attached hydrogen (secondary N) is 9. The van der Waals surface area contributed by atoms with Crippen molar-refractivity contribution in [2.75, 3.05) is 58.9 Å². The van der Waals surface area contributed by atoms with Gasteiger partial charge >= 0.3 is 0 Å². The molecule has 11 atom stereocenters. The van der Waals surface area contributed by atoms with E-state index >= 15 is 0 Å². The molecule has 0 aromatic heterocycles. The Kier molecular flexibility index (Phi) is 42.4. The molecule has 0 bridgehead atoms. The minimum atomic E-state index is -1.53. The Hall–Kier alpha value is -10.4. The molecule has 103 heavy (non-hydrogen) atoms. The zero-order valence-corrected chi connectivity index (χ0v) is 58.7. The maximum atomic E-state index is 14.9. The van der Waals surface area contributed by atoms with Crippen LogP contribution in [-0.2, 0) is 59.2 Å². The molecule has 1 aromatic rings. The van der Waals surface area contributed by atoms with Crippen molar-refractivity contribution in [3.05, 3.63) is 35.9 Å². The third kappa shape index (κ3) is 36.7. The first-order chi connectivity index (χ1) is 48.9. The first-order valence-corrected chi connectivity index (χ1v) is 34.3. The Morgan fingerprint density at radius 2 is 0.738 bits per heavy atom. The van der Waals surface area contributed by atoms with Crippen molar-refractivity contribution in [1.29, 1.82) is 0 Å². The highest BCUT2D eigenvalue weighted by Gasteiger charge is 2.40. The molecule has 1 heterocycles. The Morgan fingerprint density at radius 1 is 0.437 bits per heavy atom. The van der Waals surface area contributed by atoms with Crippen LogP contribution in [0.4, 0.5) is 0 Å². The first-order valence-electron chi connectivity index (χ1n) is 34.3. The van der Waals surface area contributed by atoms with E-state index < -0.39 is 138 Å². The van der Waals surface area contributed by atoms with Gasteiger partial charge in [-0.2, -0.15) is 0 Å². The van der Waals surface area contributed by atoms with Gasteiger partial charge in [0.25, 0.3) is 0 Å². The van der Waals surface area contributed by atoms with Crippen molar-refractivity contribution in [1.82, 2.24) is 52.8 Å². The molecular formula is C62H113N29O12. The Morgan fingerprint density at radius 3 is 1.05 bits per heavy atom. The largest absolute Gasteiger partial charge is 0.391 e. The molecule has 1 aliphatic heterocycles. The zero-order valence-electron chi connectivity index (χ0n) is 58.7. The van der Waals surface area contributed by atoms with Crippen LogP contribution < -0.4 is 128 Å². The van der Waals surface area contributed by atoms with E-state index in [0.29, 0.717) is 31.2 Å². The van der Waals surface area contributed by atoms with Crippen LogP contribution >= 0.6 is 0 Å². The van der Waals surface area contributed by atoms with Gasteiger partial charge in [0, 0.05) is 45.7 Å². The van der Waals surface area contributed by atoms with E-state index in [-0.39, 0.29) is 178 Å². The van der Waals surface area contributed by atoms with Crippen LogP contribution in [0.5, 0.6) is 0 Å². The summed E-state index contributed by atoms with van der Waals surface area (Å²) < 4.78 is 0. The van der Waals surface area contributed by atoms with E-state index in [1.165, 1.54) is 11.8 Å². The fraction of sp³-hybridized carbons (Fsp3) is 0.645. The second kappa shape index (κ2) is 49.2. The summed E-state index contributed by atoms with van der Waals surface area (Å²) in [7, 11) is 0. The molecule has 41 nitrogen and oxygen atoms in total. The molecule has 0 aliphatic carbocycles. The molecule has 2 rings (SSSR count). The van der Waals surface area contributed by atoms with E-state index in [1.54, 1.807) is 30.3 Å². The lowest BCUT2D eigenvalue weighted by Crippen LogP contribution is -2.61. The van der Waals surface area contributed by atoms with E-state index in [1.807, 2.05) is 0 Å². The summed E-state index contributed by atoms with van der Waals surface area (Å²) in [5.41, 5.74) is 79.3. The van der Waals surface area contributed by atoms with E-state index in [4.69, 9.17) is 80.3 Å². The fourth-order valence-electron chi connectivity index (χ4n) is 10.6. The van der Waals surface area contributed by atoms with Crippen molar-refractivity contribution in [2.45, 2.75) is 195 Å². The van der Waals surface area contributed by atoms with Crippen LogP contribution in [0.2, 0.25) is 0 Å². The quantitative estimate of drug-likeness (QED) is 0.0164. The summed E-state index contributed by atoms with van der Waals surface area (Å²) >= 11 is 0. The van der Waals surface area contributed by atoms with Gasteiger partial charge < -0.3 is 138 Å². The van der Waals surface area contributed by atoms with Crippen molar-refractivity contribution in [3.63, 3.8) is 0 Å².